The SMILES string of the molecule is Cn1cc(-c2cc3c(cc2C(F)F)N(c2cc(C4CCC(=O)CC4)cc4c2CNCC4)CCC3)cn1. The Morgan fingerprint density at radius 1 is 1.03 bits per heavy atom. The number of halogens is 2. The average molecular weight is 491 g/mol. The number of aromatic nitrogens is 2. The summed E-state index contributed by atoms with van der Waals surface area (Å²) in [6.07, 6.45) is 6.79. The fourth-order valence-corrected chi connectivity index (χ4v) is 6.24. The van der Waals surface area contributed by atoms with E-state index in [9.17, 15) is 13.6 Å². The summed E-state index contributed by atoms with van der Waals surface area (Å²) in [5, 5.41) is 7.72. The summed E-state index contributed by atoms with van der Waals surface area (Å²) in [7, 11) is 1.80. The van der Waals surface area contributed by atoms with Crippen molar-refractivity contribution in [2.75, 3.05) is 18.0 Å². The number of hydrogen-bond acceptors (Lipinski definition) is 4. The lowest BCUT2D eigenvalue weighted by atomic mass is 9.81. The van der Waals surface area contributed by atoms with Crippen molar-refractivity contribution in [1.82, 2.24) is 15.1 Å². The first-order valence-electron chi connectivity index (χ1n) is 13.1. The highest BCUT2D eigenvalue weighted by molar-refractivity contribution is 5.80. The molecule has 7 heteroatoms. The largest absolute Gasteiger partial charge is 0.341 e. The second kappa shape index (κ2) is 9.43. The van der Waals surface area contributed by atoms with E-state index in [1.54, 1.807) is 30.2 Å². The molecule has 0 saturated heterocycles. The van der Waals surface area contributed by atoms with Gasteiger partial charge in [-0.1, -0.05) is 6.07 Å². The third kappa shape index (κ3) is 4.23. The van der Waals surface area contributed by atoms with Crippen LogP contribution in [0.5, 0.6) is 0 Å². The number of nitrogens with zero attached hydrogens (tertiary/aromatic N) is 3. The smallest absolute Gasteiger partial charge is 0.264 e. The Balaban J connectivity index is 1.47. The number of rotatable bonds is 4. The molecule has 1 saturated carbocycles. The Hall–Kier alpha value is -3.06. The molecule has 0 amide bonds. The number of anilines is 2. The minimum atomic E-state index is -2.57. The number of hydrogen-bond donors (Lipinski definition) is 1. The zero-order chi connectivity index (χ0) is 24.8. The minimum Gasteiger partial charge on any atom is -0.341 e. The normalized spacial score (nSPS) is 18.4. The summed E-state index contributed by atoms with van der Waals surface area (Å²) in [5.41, 5.74) is 8.43. The summed E-state index contributed by atoms with van der Waals surface area (Å²) < 4.78 is 30.3. The fourth-order valence-electron chi connectivity index (χ4n) is 6.24. The van der Waals surface area contributed by atoms with Crippen LogP contribution in [0.1, 0.15) is 72.3 Å². The van der Waals surface area contributed by atoms with Crippen molar-refractivity contribution in [3.8, 4) is 11.1 Å². The predicted molar refractivity (Wildman–Crippen MR) is 137 cm³/mol. The molecule has 3 aromatic rings. The van der Waals surface area contributed by atoms with Crippen LogP contribution in [0.3, 0.4) is 0 Å². The van der Waals surface area contributed by atoms with Gasteiger partial charge in [0.25, 0.3) is 6.43 Å². The van der Waals surface area contributed by atoms with E-state index in [-0.39, 0.29) is 5.56 Å². The average Bonchev–Trinajstić information content (AvgIpc) is 3.33. The van der Waals surface area contributed by atoms with Crippen LogP contribution in [0, 0.1) is 0 Å². The first-order chi connectivity index (χ1) is 17.5. The molecular formula is C29H32F2N4O. The molecule has 0 unspecified atom stereocenters. The van der Waals surface area contributed by atoms with E-state index in [2.05, 4.69) is 27.4 Å². The second-order valence-electron chi connectivity index (χ2n) is 10.4. The summed E-state index contributed by atoms with van der Waals surface area (Å²) >= 11 is 0. The lowest BCUT2D eigenvalue weighted by molar-refractivity contribution is -0.120. The molecule has 2 aliphatic heterocycles. The van der Waals surface area contributed by atoms with Gasteiger partial charge in [0.2, 0.25) is 0 Å². The van der Waals surface area contributed by atoms with Crippen molar-refractivity contribution >= 4 is 17.2 Å². The third-order valence-corrected chi connectivity index (χ3v) is 8.14. The number of carbonyl (C=O) groups is 1. The number of Topliss-reactive ketones (excluding diaryl/α,β-unsaturated/α-hetero) is 1. The molecule has 188 valence electrons. The zero-order valence-corrected chi connectivity index (χ0v) is 20.7. The van der Waals surface area contributed by atoms with Gasteiger partial charge in [0.1, 0.15) is 5.78 Å². The van der Waals surface area contributed by atoms with Crippen LogP contribution in [0.2, 0.25) is 0 Å². The summed E-state index contributed by atoms with van der Waals surface area (Å²) in [4.78, 5) is 14.1. The number of aryl methyl sites for hydroxylation is 2. The molecular weight excluding hydrogens is 458 g/mol. The Kier molecular flexibility index (Phi) is 6.12. The van der Waals surface area contributed by atoms with Crippen LogP contribution in [0.15, 0.2) is 36.7 Å². The van der Waals surface area contributed by atoms with Crippen LogP contribution in [-0.2, 0) is 31.2 Å². The van der Waals surface area contributed by atoms with Crippen LogP contribution in [0.25, 0.3) is 11.1 Å². The molecule has 3 heterocycles. The van der Waals surface area contributed by atoms with Gasteiger partial charge in [-0.05, 0) is 90.6 Å². The van der Waals surface area contributed by atoms with E-state index in [4.69, 9.17) is 0 Å². The van der Waals surface area contributed by atoms with E-state index in [0.29, 0.717) is 30.1 Å². The fraction of sp³-hybridized carbons (Fsp3) is 0.448. The first kappa shape index (κ1) is 23.3. The van der Waals surface area contributed by atoms with Crippen LogP contribution < -0.4 is 10.2 Å². The maximum atomic E-state index is 14.3. The van der Waals surface area contributed by atoms with Gasteiger partial charge in [-0.2, -0.15) is 5.10 Å². The van der Waals surface area contributed by atoms with Gasteiger partial charge in [0.05, 0.1) is 6.20 Å². The zero-order valence-electron chi connectivity index (χ0n) is 20.7. The summed E-state index contributed by atoms with van der Waals surface area (Å²) in [6, 6.07) is 8.32. The first-order valence-corrected chi connectivity index (χ1v) is 13.1. The molecule has 3 aliphatic rings. The highest BCUT2D eigenvalue weighted by atomic mass is 19.3. The van der Waals surface area contributed by atoms with E-state index >= 15 is 0 Å². The van der Waals surface area contributed by atoms with Crippen molar-refractivity contribution in [3.63, 3.8) is 0 Å². The topological polar surface area (TPSA) is 50.2 Å². The maximum Gasteiger partial charge on any atom is 0.264 e. The van der Waals surface area contributed by atoms with Crippen molar-refractivity contribution in [2.24, 2.45) is 7.05 Å². The summed E-state index contributed by atoms with van der Waals surface area (Å²) in [5.74, 6) is 0.748. The van der Waals surface area contributed by atoms with E-state index in [1.807, 2.05) is 6.07 Å². The monoisotopic (exact) mass is 490 g/mol. The maximum absolute atomic E-state index is 14.3. The Morgan fingerprint density at radius 2 is 1.86 bits per heavy atom. The molecule has 0 atom stereocenters. The van der Waals surface area contributed by atoms with Crippen molar-refractivity contribution in [1.29, 1.82) is 0 Å². The molecule has 0 bridgehead atoms. The molecule has 1 aromatic heterocycles. The molecule has 5 nitrogen and oxygen atoms in total. The predicted octanol–water partition coefficient (Wildman–Crippen LogP) is 5.98. The van der Waals surface area contributed by atoms with Gasteiger partial charge in [0, 0.05) is 61.7 Å². The number of carbonyl (C=O) groups excluding carboxylic acids is 1. The van der Waals surface area contributed by atoms with Crippen molar-refractivity contribution in [2.45, 2.75) is 63.8 Å². The molecule has 2 aromatic carbocycles. The van der Waals surface area contributed by atoms with Gasteiger partial charge >= 0.3 is 0 Å². The van der Waals surface area contributed by atoms with Crippen molar-refractivity contribution < 1.29 is 13.6 Å². The van der Waals surface area contributed by atoms with Gasteiger partial charge in [0.15, 0.2) is 0 Å². The number of ketones is 1. The van der Waals surface area contributed by atoms with Crippen LogP contribution >= 0.6 is 0 Å². The van der Waals surface area contributed by atoms with Gasteiger partial charge in [-0.3, -0.25) is 9.48 Å². The minimum absolute atomic E-state index is 0.0580. The molecule has 1 aliphatic carbocycles. The lowest BCUT2D eigenvalue weighted by Crippen LogP contribution is -2.30. The molecule has 6 rings (SSSR count). The number of nitrogens with one attached hydrogen (secondary N) is 1. The molecule has 1 N–H and O–H groups in total. The number of alkyl halides is 2. The van der Waals surface area contributed by atoms with Crippen LogP contribution in [-0.4, -0.2) is 28.7 Å². The Labute approximate surface area is 210 Å². The highest BCUT2D eigenvalue weighted by Crippen LogP contribution is 2.44. The quantitative estimate of drug-likeness (QED) is 0.489. The van der Waals surface area contributed by atoms with E-state index in [0.717, 1.165) is 74.2 Å². The van der Waals surface area contributed by atoms with E-state index < -0.39 is 6.43 Å². The Bertz CT molecular complexity index is 1300. The number of fused-ring (bicyclic) bond motifs is 2. The van der Waals surface area contributed by atoms with Gasteiger partial charge in [-0.15, -0.1) is 0 Å². The van der Waals surface area contributed by atoms with Crippen LogP contribution in [0.4, 0.5) is 20.2 Å². The molecule has 1 fully saturated rings. The molecule has 0 spiro atoms. The standard InChI is InChI=1S/C29H32F2N4O/c1-34-17-22(15-33-34)24-12-20-3-2-10-35(27(20)14-25(24)29(30)31)28-13-21(18-4-6-23(36)7-5-18)11-19-8-9-32-16-26(19)28/h11-15,17-18,29,32H,2-10,16H2,1H3. The lowest BCUT2D eigenvalue weighted by Gasteiger charge is -2.36. The summed E-state index contributed by atoms with van der Waals surface area (Å²) in [6.45, 7) is 2.54. The number of benzene rings is 2. The van der Waals surface area contributed by atoms with Gasteiger partial charge in [-0.25, -0.2) is 8.78 Å². The third-order valence-electron chi connectivity index (χ3n) is 8.14. The second-order valence-corrected chi connectivity index (χ2v) is 10.4. The van der Waals surface area contributed by atoms with Crippen molar-refractivity contribution in [3.05, 3.63) is 64.5 Å². The highest BCUT2D eigenvalue weighted by Gasteiger charge is 2.29. The molecule has 0 radical (unpaired) electrons. The van der Waals surface area contributed by atoms with E-state index in [1.165, 1.54) is 16.7 Å². The molecule has 36 heavy (non-hydrogen) atoms. The Morgan fingerprint density at radius 3 is 2.61 bits per heavy atom. The van der Waals surface area contributed by atoms with Gasteiger partial charge < -0.3 is 10.2 Å².